The fraction of sp³-hybridized carbons (Fsp3) is 0.154. The SMILES string of the molecule is Cc1ccc([N+](=O)[O-])cc1S(=O)(=O)NNC(=O)c1cc(Br)cn1C. The monoisotopic (exact) mass is 416 g/mol. The summed E-state index contributed by atoms with van der Waals surface area (Å²) in [6.07, 6.45) is 1.63. The van der Waals surface area contributed by atoms with E-state index in [-0.39, 0.29) is 16.3 Å². The number of hydrazine groups is 1. The molecule has 2 N–H and O–H groups in total. The molecular weight excluding hydrogens is 404 g/mol. The van der Waals surface area contributed by atoms with Gasteiger partial charge in [-0.25, -0.2) is 8.42 Å². The molecule has 0 saturated carbocycles. The number of aromatic nitrogens is 1. The normalized spacial score (nSPS) is 11.3. The highest BCUT2D eigenvalue weighted by atomic mass is 79.9. The van der Waals surface area contributed by atoms with Gasteiger partial charge in [-0.1, -0.05) is 6.07 Å². The van der Waals surface area contributed by atoms with Crippen LogP contribution >= 0.6 is 15.9 Å². The number of nitrogens with one attached hydrogen (secondary N) is 2. The number of nitro benzene ring substituents is 1. The van der Waals surface area contributed by atoms with E-state index in [1.807, 2.05) is 4.83 Å². The first kappa shape index (κ1) is 18.1. The molecule has 0 atom stereocenters. The maximum atomic E-state index is 12.3. The van der Waals surface area contributed by atoms with Crippen molar-refractivity contribution in [3.8, 4) is 0 Å². The van der Waals surface area contributed by atoms with Crippen molar-refractivity contribution in [1.82, 2.24) is 14.8 Å². The van der Waals surface area contributed by atoms with Crippen LogP contribution in [0, 0.1) is 17.0 Å². The first-order valence-corrected chi connectivity index (χ1v) is 8.78. The van der Waals surface area contributed by atoms with Crippen LogP contribution in [0.25, 0.3) is 0 Å². The Morgan fingerprint density at radius 1 is 1.33 bits per heavy atom. The number of rotatable bonds is 5. The number of halogens is 1. The average Bonchev–Trinajstić information content (AvgIpc) is 2.83. The zero-order valence-corrected chi connectivity index (χ0v) is 15.0. The van der Waals surface area contributed by atoms with Crippen LogP contribution in [0.15, 0.2) is 39.8 Å². The minimum absolute atomic E-state index is 0.223. The van der Waals surface area contributed by atoms with E-state index in [4.69, 9.17) is 0 Å². The number of hydrogen-bond acceptors (Lipinski definition) is 5. The van der Waals surface area contributed by atoms with Crippen LogP contribution < -0.4 is 10.3 Å². The molecule has 0 aliphatic rings. The number of non-ortho nitro benzene ring substituents is 1. The van der Waals surface area contributed by atoms with Gasteiger partial charge < -0.3 is 4.57 Å². The summed E-state index contributed by atoms with van der Waals surface area (Å²) in [5.74, 6) is -0.671. The number of hydrogen-bond donors (Lipinski definition) is 2. The van der Waals surface area contributed by atoms with E-state index in [0.29, 0.717) is 10.0 Å². The summed E-state index contributed by atoms with van der Waals surface area (Å²) in [5, 5.41) is 10.8. The fourth-order valence-electron chi connectivity index (χ4n) is 1.97. The van der Waals surface area contributed by atoms with Gasteiger partial charge in [0.15, 0.2) is 0 Å². The smallest absolute Gasteiger partial charge is 0.282 e. The lowest BCUT2D eigenvalue weighted by Crippen LogP contribution is -2.42. The lowest BCUT2D eigenvalue weighted by Gasteiger charge is -2.10. The number of carbonyl (C=O) groups is 1. The third kappa shape index (κ3) is 3.80. The van der Waals surface area contributed by atoms with Gasteiger partial charge in [0.2, 0.25) is 0 Å². The first-order valence-electron chi connectivity index (χ1n) is 6.51. The van der Waals surface area contributed by atoms with Crippen molar-refractivity contribution < 1.29 is 18.1 Å². The Morgan fingerprint density at radius 3 is 2.54 bits per heavy atom. The van der Waals surface area contributed by atoms with Crippen LogP contribution in [0.2, 0.25) is 0 Å². The van der Waals surface area contributed by atoms with E-state index in [2.05, 4.69) is 21.4 Å². The number of carbonyl (C=O) groups excluding carboxylic acids is 1. The van der Waals surface area contributed by atoms with Gasteiger partial charge in [0.25, 0.3) is 21.6 Å². The molecule has 1 heterocycles. The van der Waals surface area contributed by atoms with Crippen LogP contribution in [0.3, 0.4) is 0 Å². The third-order valence-corrected chi connectivity index (χ3v) is 5.00. The van der Waals surface area contributed by atoms with Crippen molar-refractivity contribution in [2.75, 3.05) is 0 Å². The number of benzene rings is 1. The summed E-state index contributed by atoms with van der Waals surface area (Å²) in [6, 6.07) is 4.97. The maximum Gasteiger partial charge on any atom is 0.282 e. The predicted molar refractivity (Wildman–Crippen MR) is 88.7 cm³/mol. The Morgan fingerprint density at radius 2 is 2.00 bits per heavy atom. The second-order valence-electron chi connectivity index (χ2n) is 4.92. The molecule has 1 aromatic heterocycles. The summed E-state index contributed by atoms with van der Waals surface area (Å²) >= 11 is 3.21. The van der Waals surface area contributed by atoms with Crippen molar-refractivity contribution in [3.63, 3.8) is 0 Å². The summed E-state index contributed by atoms with van der Waals surface area (Å²) in [7, 11) is -2.54. The van der Waals surface area contributed by atoms with Crippen molar-refractivity contribution >= 4 is 37.5 Å². The van der Waals surface area contributed by atoms with E-state index >= 15 is 0 Å². The van der Waals surface area contributed by atoms with Crippen LogP contribution in [-0.4, -0.2) is 23.8 Å². The van der Waals surface area contributed by atoms with E-state index < -0.39 is 20.9 Å². The summed E-state index contributed by atoms with van der Waals surface area (Å²) < 4.78 is 26.7. The van der Waals surface area contributed by atoms with Gasteiger partial charge in [-0.15, -0.1) is 4.83 Å². The van der Waals surface area contributed by atoms with Gasteiger partial charge in [-0.2, -0.15) is 0 Å². The second kappa shape index (κ2) is 6.71. The molecule has 0 unspecified atom stereocenters. The lowest BCUT2D eigenvalue weighted by molar-refractivity contribution is -0.385. The quantitative estimate of drug-likeness (QED) is 0.566. The van der Waals surface area contributed by atoms with Crippen LogP contribution in [0.4, 0.5) is 5.69 Å². The Kier molecular flexibility index (Phi) is 5.06. The minimum atomic E-state index is -4.16. The molecular formula is C13H13BrN4O5S. The molecule has 0 aliphatic heterocycles. The van der Waals surface area contributed by atoms with E-state index in [0.717, 1.165) is 6.07 Å². The average molecular weight is 417 g/mol. The summed E-state index contributed by atoms with van der Waals surface area (Å²) in [5.41, 5.74) is 2.25. The van der Waals surface area contributed by atoms with Crippen LogP contribution in [0.1, 0.15) is 16.1 Å². The molecule has 1 aromatic carbocycles. The van der Waals surface area contributed by atoms with Gasteiger partial charge in [-0.3, -0.25) is 20.3 Å². The standard InChI is InChI=1S/C13H13BrN4O5S/c1-8-3-4-10(18(20)21)6-12(8)24(22,23)16-15-13(19)11-5-9(14)7-17(11)2/h3-7,16H,1-2H3,(H,15,19). The van der Waals surface area contributed by atoms with Gasteiger partial charge in [0, 0.05) is 29.8 Å². The molecule has 0 radical (unpaired) electrons. The Hall–Kier alpha value is -2.24. The van der Waals surface area contributed by atoms with E-state index in [9.17, 15) is 23.3 Å². The molecule has 0 spiro atoms. The predicted octanol–water partition coefficient (Wildman–Crippen LogP) is 1.63. The number of nitro groups is 1. The maximum absolute atomic E-state index is 12.3. The molecule has 0 aliphatic carbocycles. The van der Waals surface area contributed by atoms with Crippen molar-refractivity contribution in [1.29, 1.82) is 0 Å². The molecule has 11 heteroatoms. The Balaban J connectivity index is 2.23. The van der Waals surface area contributed by atoms with Crippen molar-refractivity contribution in [2.24, 2.45) is 7.05 Å². The van der Waals surface area contributed by atoms with E-state index in [1.54, 1.807) is 13.2 Å². The molecule has 2 rings (SSSR count). The van der Waals surface area contributed by atoms with Crippen molar-refractivity contribution in [2.45, 2.75) is 11.8 Å². The molecule has 0 fully saturated rings. The molecule has 0 saturated heterocycles. The van der Waals surface area contributed by atoms with Gasteiger partial charge >= 0.3 is 0 Å². The fourth-order valence-corrected chi connectivity index (χ4v) is 3.60. The molecule has 9 nitrogen and oxygen atoms in total. The highest BCUT2D eigenvalue weighted by molar-refractivity contribution is 9.10. The van der Waals surface area contributed by atoms with Gasteiger partial charge in [0.1, 0.15) is 5.69 Å². The second-order valence-corrected chi connectivity index (χ2v) is 7.49. The summed E-state index contributed by atoms with van der Waals surface area (Å²) in [6.45, 7) is 1.49. The molecule has 0 bridgehead atoms. The minimum Gasteiger partial charge on any atom is -0.345 e. The summed E-state index contributed by atoms with van der Waals surface area (Å²) in [4.78, 5) is 23.8. The topological polar surface area (TPSA) is 123 Å². The lowest BCUT2D eigenvalue weighted by atomic mass is 10.2. The molecule has 128 valence electrons. The highest BCUT2D eigenvalue weighted by Gasteiger charge is 2.22. The third-order valence-electron chi connectivity index (χ3n) is 3.18. The molecule has 1 amide bonds. The van der Waals surface area contributed by atoms with Crippen LogP contribution in [-0.2, 0) is 17.1 Å². The number of aryl methyl sites for hydroxylation is 2. The molecule has 24 heavy (non-hydrogen) atoms. The largest absolute Gasteiger partial charge is 0.345 e. The van der Waals surface area contributed by atoms with Gasteiger partial charge in [0.05, 0.1) is 9.82 Å². The highest BCUT2D eigenvalue weighted by Crippen LogP contribution is 2.21. The zero-order valence-electron chi connectivity index (χ0n) is 12.6. The molecule has 2 aromatic rings. The Labute approximate surface area is 146 Å². The van der Waals surface area contributed by atoms with Crippen LogP contribution in [0.5, 0.6) is 0 Å². The first-order chi connectivity index (χ1) is 11.1. The van der Waals surface area contributed by atoms with Crippen molar-refractivity contribution in [3.05, 3.63) is 56.3 Å². The van der Waals surface area contributed by atoms with Gasteiger partial charge in [-0.05, 0) is 34.5 Å². The van der Waals surface area contributed by atoms with E-state index in [1.165, 1.54) is 29.7 Å². The number of nitrogens with zero attached hydrogens (tertiary/aromatic N) is 2. The Bertz CT molecular complexity index is 922. The number of sulfonamides is 1. The zero-order chi connectivity index (χ0) is 18.1. The number of amides is 1.